The standard InChI is InChI=1S/C20H34N2O6/c1-11(2)13(10-16(23)28-20(4,5)6)18(25)21-12(3)17(24)14-8-7-9-15(22-14)19(26)27/h11-15,22H,7-10H2,1-6H3,(H,21,25)(H,26,27)/t12-,13-,14?,15-/m0/s1. The zero-order chi connectivity index (χ0) is 21.6. The van der Waals surface area contributed by atoms with Gasteiger partial charge in [-0.15, -0.1) is 0 Å². The Balaban J connectivity index is 2.69. The minimum absolute atomic E-state index is 0.0650. The van der Waals surface area contributed by atoms with Crippen molar-refractivity contribution in [3.63, 3.8) is 0 Å². The molecule has 0 aliphatic carbocycles. The molecular weight excluding hydrogens is 364 g/mol. The molecule has 0 aromatic rings. The molecule has 0 saturated carbocycles. The van der Waals surface area contributed by atoms with Gasteiger partial charge in [-0.05, 0) is 52.9 Å². The number of nitrogens with one attached hydrogen (secondary N) is 2. The lowest BCUT2D eigenvalue weighted by Crippen LogP contribution is -2.55. The van der Waals surface area contributed by atoms with E-state index in [1.165, 1.54) is 0 Å². The highest BCUT2D eigenvalue weighted by Crippen LogP contribution is 2.20. The highest BCUT2D eigenvalue weighted by Gasteiger charge is 2.34. The van der Waals surface area contributed by atoms with Crippen molar-refractivity contribution in [1.82, 2.24) is 10.6 Å². The number of ketones is 1. The molecule has 0 spiro atoms. The highest BCUT2D eigenvalue weighted by atomic mass is 16.6. The summed E-state index contributed by atoms with van der Waals surface area (Å²) in [7, 11) is 0. The van der Waals surface area contributed by atoms with Gasteiger partial charge < -0.3 is 15.2 Å². The summed E-state index contributed by atoms with van der Waals surface area (Å²) in [6.07, 6.45) is 1.58. The first-order chi connectivity index (χ1) is 12.8. The molecule has 8 heteroatoms. The van der Waals surface area contributed by atoms with Crippen LogP contribution in [0.15, 0.2) is 0 Å². The van der Waals surface area contributed by atoms with Crippen molar-refractivity contribution < 1.29 is 29.0 Å². The molecule has 8 nitrogen and oxygen atoms in total. The lowest BCUT2D eigenvalue weighted by molar-refractivity contribution is -0.158. The average Bonchev–Trinajstić information content (AvgIpc) is 2.57. The van der Waals surface area contributed by atoms with E-state index in [0.717, 1.165) is 0 Å². The van der Waals surface area contributed by atoms with Gasteiger partial charge in [-0.1, -0.05) is 13.8 Å². The Bertz CT molecular complexity index is 596. The number of carbonyl (C=O) groups excluding carboxylic acids is 3. The van der Waals surface area contributed by atoms with E-state index in [-0.39, 0.29) is 24.0 Å². The number of carboxylic acids is 1. The van der Waals surface area contributed by atoms with E-state index in [0.29, 0.717) is 19.3 Å². The molecule has 1 saturated heterocycles. The van der Waals surface area contributed by atoms with Gasteiger partial charge in [0.05, 0.1) is 24.4 Å². The molecule has 1 fully saturated rings. The number of amides is 1. The number of carbonyl (C=O) groups is 4. The number of hydrogen-bond donors (Lipinski definition) is 3. The van der Waals surface area contributed by atoms with Crippen LogP contribution in [-0.2, 0) is 23.9 Å². The van der Waals surface area contributed by atoms with Crippen molar-refractivity contribution in [2.24, 2.45) is 11.8 Å². The van der Waals surface area contributed by atoms with Crippen LogP contribution in [0.4, 0.5) is 0 Å². The Hall–Kier alpha value is -1.96. The van der Waals surface area contributed by atoms with E-state index in [1.807, 2.05) is 13.8 Å². The third kappa shape index (κ3) is 7.58. The number of hydrogen-bond acceptors (Lipinski definition) is 6. The van der Waals surface area contributed by atoms with Crippen molar-refractivity contribution in [2.75, 3.05) is 0 Å². The largest absolute Gasteiger partial charge is 0.480 e. The quantitative estimate of drug-likeness (QED) is 0.532. The second-order valence-electron chi connectivity index (χ2n) is 8.81. The molecule has 3 N–H and O–H groups in total. The van der Waals surface area contributed by atoms with Crippen LogP contribution in [0, 0.1) is 11.8 Å². The number of rotatable bonds is 8. The number of ether oxygens (including phenoxy) is 1. The third-order valence-corrected chi connectivity index (χ3v) is 4.76. The summed E-state index contributed by atoms with van der Waals surface area (Å²) in [5.74, 6) is -2.80. The topological polar surface area (TPSA) is 122 Å². The van der Waals surface area contributed by atoms with E-state index in [4.69, 9.17) is 9.84 Å². The van der Waals surface area contributed by atoms with Crippen LogP contribution in [0.5, 0.6) is 0 Å². The summed E-state index contributed by atoms with van der Waals surface area (Å²) in [6.45, 7) is 10.5. The fourth-order valence-electron chi connectivity index (χ4n) is 3.24. The zero-order valence-electron chi connectivity index (χ0n) is 17.7. The lowest BCUT2D eigenvalue weighted by Gasteiger charge is -2.30. The number of carboxylic acid groups (broad SMARTS) is 1. The van der Waals surface area contributed by atoms with Crippen LogP contribution >= 0.6 is 0 Å². The maximum atomic E-state index is 12.7. The molecule has 1 aliphatic heterocycles. The second kappa shape index (κ2) is 10.0. The first-order valence-corrected chi connectivity index (χ1v) is 9.86. The normalized spacial score (nSPS) is 22.2. The lowest BCUT2D eigenvalue weighted by atomic mass is 9.90. The fraction of sp³-hybridized carbons (Fsp3) is 0.800. The molecular formula is C20H34N2O6. The maximum absolute atomic E-state index is 12.7. The van der Waals surface area contributed by atoms with Crippen LogP contribution in [0.3, 0.4) is 0 Å². The minimum Gasteiger partial charge on any atom is -0.480 e. The maximum Gasteiger partial charge on any atom is 0.320 e. The molecule has 1 rings (SSSR count). The van der Waals surface area contributed by atoms with Crippen molar-refractivity contribution in [1.29, 1.82) is 0 Å². The van der Waals surface area contributed by atoms with Crippen LogP contribution < -0.4 is 10.6 Å². The van der Waals surface area contributed by atoms with Gasteiger partial charge in [0.15, 0.2) is 5.78 Å². The Labute approximate surface area is 166 Å². The highest BCUT2D eigenvalue weighted by molar-refractivity contribution is 5.94. The van der Waals surface area contributed by atoms with Crippen LogP contribution in [0.1, 0.15) is 67.2 Å². The van der Waals surface area contributed by atoms with E-state index in [9.17, 15) is 19.2 Å². The van der Waals surface area contributed by atoms with Gasteiger partial charge in [-0.2, -0.15) is 0 Å². The summed E-state index contributed by atoms with van der Waals surface area (Å²) < 4.78 is 5.30. The minimum atomic E-state index is -0.980. The second-order valence-corrected chi connectivity index (χ2v) is 8.81. The molecule has 1 aliphatic rings. The summed E-state index contributed by atoms with van der Waals surface area (Å²) in [5, 5.41) is 14.7. The molecule has 0 aromatic heterocycles. The van der Waals surface area contributed by atoms with Gasteiger partial charge in [0.25, 0.3) is 0 Å². The Morgan fingerprint density at radius 1 is 1.11 bits per heavy atom. The van der Waals surface area contributed by atoms with E-state index < -0.39 is 41.6 Å². The van der Waals surface area contributed by atoms with Gasteiger partial charge in [-0.3, -0.25) is 24.5 Å². The van der Waals surface area contributed by atoms with Crippen LogP contribution in [0.2, 0.25) is 0 Å². The monoisotopic (exact) mass is 398 g/mol. The summed E-state index contributed by atoms with van der Waals surface area (Å²) in [4.78, 5) is 48.6. The van der Waals surface area contributed by atoms with Crippen molar-refractivity contribution >= 4 is 23.6 Å². The number of aliphatic carboxylic acids is 1. The molecule has 1 unspecified atom stereocenters. The number of Topliss-reactive ketones (excluding diaryl/α,β-unsaturated/α-hetero) is 1. The predicted molar refractivity (Wildman–Crippen MR) is 104 cm³/mol. The molecule has 4 atom stereocenters. The van der Waals surface area contributed by atoms with Gasteiger partial charge in [-0.25, -0.2) is 0 Å². The van der Waals surface area contributed by atoms with Crippen LogP contribution in [-0.4, -0.2) is 52.5 Å². The molecule has 0 bridgehead atoms. The molecule has 0 aromatic carbocycles. The third-order valence-electron chi connectivity index (χ3n) is 4.76. The molecule has 160 valence electrons. The van der Waals surface area contributed by atoms with Crippen molar-refractivity contribution in [3.05, 3.63) is 0 Å². The molecule has 28 heavy (non-hydrogen) atoms. The fourth-order valence-corrected chi connectivity index (χ4v) is 3.24. The first kappa shape index (κ1) is 24.1. The van der Waals surface area contributed by atoms with Crippen molar-refractivity contribution in [2.45, 2.75) is 91.0 Å². The number of esters is 1. The Morgan fingerprint density at radius 2 is 1.68 bits per heavy atom. The molecule has 1 heterocycles. The SMILES string of the molecule is CC(C)[C@H](CC(=O)OC(C)(C)C)C(=O)N[C@@H](C)C(=O)C1CCC[C@@H](C(=O)O)N1. The average molecular weight is 399 g/mol. The molecule has 0 radical (unpaired) electrons. The zero-order valence-corrected chi connectivity index (χ0v) is 17.7. The van der Waals surface area contributed by atoms with Gasteiger partial charge in [0, 0.05) is 0 Å². The van der Waals surface area contributed by atoms with E-state index in [2.05, 4.69) is 10.6 Å². The summed E-state index contributed by atoms with van der Waals surface area (Å²) >= 11 is 0. The summed E-state index contributed by atoms with van der Waals surface area (Å²) in [5.41, 5.74) is -0.633. The van der Waals surface area contributed by atoms with Crippen molar-refractivity contribution in [3.8, 4) is 0 Å². The predicted octanol–water partition coefficient (Wildman–Crippen LogP) is 1.66. The number of piperidine rings is 1. The van der Waals surface area contributed by atoms with E-state index in [1.54, 1.807) is 27.7 Å². The Kier molecular flexibility index (Phi) is 8.60. The smallest absolute Gasteiger partial charge is 0.320 e. The van der Waals surface area contributed by atoms with Gasteiger partial charge in [0.1, 0.15) is 11.6 Å². The summed E-state index contributed by atoms with van der Waals surface area (Å²) in [6, 6.07) is -2.13. The van der Waals surface area contributed by atoms with Crippen LogP contribution in [0.25, 0.3) is 0 Å². The Morgan fingerprint density at radius 3 is 2.18 bits per heavy atom. The molecule has 1 amide bonds. The van der Waals surface area contributed by atoms with E-state index >= 15 is 0 Å². The first-order valence-electron chi connectivity index (χ1n) is 9.86. The van der Waals surface area contributed by atoms with Gasteiger partial charge >= 0.3 is 11.9 Å². The van der Waals surface area contributed by atoms with Gasteiger partial charge in [0.2, 0.25) is 5.91 Å².